The van der Waals surface area contributed by atoms with Crippen LogP contribution in [0.2, 0.25) is 0 Å². The predicted molar refractivity (Wildman–Crippen MR) is 117 cm³/mol. The molecule has 1 amide bonds. The standard InChI is InChI=1S/C21H26N4O4S/c1-16-19-8-3-4-9-20(19)25(24-16)12-10-21(26)23-18-7-5-6-17(14-18)15-30(27,28)22-11-13-29-2/h3-9,14,22H,10-13,15H2,1-2H3,(H,23,26). The minimum Gasteiger partial charge on any atom is -0.383 e. The quantitative estimate of drug-likeness (QED) is 0.481. The number of fused-ring (bicyclic) bond motifs is 1. The van der Waals surface area contributed by atoms with Gasteiger partial charge in [0.15, 0.2) is 0 Å². The molecule has 3 rings (SSSR count). The number of hydrogen-bond donors (Lipinski definition) is 2. The van der Waals surface area contributed by atoms with E-state index in [0.29, 0.717) is 24.4 Å². The van der Waals surface area contributed by atoms with Crippen molar-refractivity contribution in [3.8, 4) is 0 Å². The lowest BCUT2D eigenvalue weighted by Crippen LogP contribution is -2.28. The summed E-state index contributed by atoms with van der Waals surface area (Å²) in [5.41, 5.74) is 3.08. The van der Waals surface area contributed by atoms with Gasteiger partial charge in [0.1, 0.15) is 0 Å². The summed E-state index contributed by atoms with van der Waals surface area (Å²) in [6.07, 6.45) is 0.256. The number of amides is 1. The summed E-state index contributed by atoms with van der Waals surface area (Å²) >= 11 is 0. The largest absolute Gasteiger partial charge is 0.383 e. The molecule has 8 nitrogen and oxygen atoms in total. The summed E-state index contributed by atoms with van der Waals surface area (Å²) in [4.78, 5) is 12.4. The van der Waals surface area contributed by atoms with E-state index < -0.39 is 10.0 Å². The minimum absolute atomic E-state index is 0.162. The maximum absolute atomic E-state index is 12.4. The second-order valence-electron chi connectivity index (χ2n) is 6.97. The third kappa shape index (κ3) is 5.88. The highest BCUT2D eigenvalue weighted by Gasteiger charge is 2.12. The molecular formula is C21H26N4O4S. The molecule has 0 saturated heterocycles. The highest BCUT2D eigenvalue weighted by molar-refractivity contribution is 7.88. The van der Waals surface area contributed by atoms with E-state index in [0.717, 1.165) is 16.6 Å². The van der Waals surface area contributed by atoms with Crippen molar-refractivity contribution in [1.82, 2.24) is 14.5 Å². The molecule has 160 valence electrons. The molecule has 0 atom stereocenters. The molecule has 0 fully saturated rings. The van der Waals surface area contributed by atoms with Gasteiger partial charge in [0.25, 0.3) is 0 Å². The third-order valence-electron chi connectivity index (χ3n) is 4.59. The van der Waals surface area contributed by atoms with Gasteiger partial charge in [-0.05, 0) is 30.7 Å². The second-order valence-corrected chi connectivity index (χ2v) is 8.78. The van der Waals surface area contributed by atoms with E-state index in [1.807, 2.05) is 35.9 Å². The molecule has 1 aromatic heterocycles. The van der Waals surface area contributed by atoms with Gasteiger partial charge in [-0.1, -0.05) is 30.3 Å². The van der Waals surface area contributed by atoms with E-state index in [1.54, 1.807) is 24.3 Å². The van der Waals surface area contributed by atoms with Crippen LogP contribution in [0.15, 0.2) is 48.5 Å². The van der Waals surface area contributed by atoms with E-state index >= 15 is 0 Å². The van der Waals surface area contributed by atoms with Gasteiger partial charge in [-0.15, -0.1) is 0 Å². The van der Waals surface area contributed by atoms with Crippen LogP contribution in [0.5, 0.6) is 0 Å². The first-order valence-electron chi connectivity index (χ1n) is 9.65. The van der Waals surface area contributed by atoms with E-state index in [1.165, 1.54) is 7.11 Å². The van der Waals surface area contributed by atoms with E-state index in [9.17, 15) is 13.2 Å². The number of nitrogens with zero attached hydrogens (tertiary/aromatic N) is 2. The molecule has 1 heterocycles. The fourth-order valence-electron chi connectivity index (χ4n) is 3.20. The van der Waals surface area contributed by atoms with Crippen LogP contribution in [0, 0.1) is 6.92 Å². The Morgan fingerprint density at radius 2 is 1.97 bits per heavy atom. The van der Waals surface area contributed by atoms with Gasteiger partial charge in [-0.3, -0.25) is 9.48 Å². The molecule has 0 aliphatic carbocycles. The number of sulfonamides is 1. The van der Waals surface area contributed by atoms with Crippen molar-refractivity contribution in [2.45, 2.75) is 25.6 Å². The molecule has 2 aromatic carbocycles. The van der Waals surface area contributed by atoms with Gasteiger partial charge in [0, 0.05) is 31.1 Å². The molecule has 0 spiro atoms. The van der Waals surface area contributed by atoms with Gasteiger partial charge in [0.2, 0.25) is 15.9 Å². The normalized spacial score (nSPS) is 11.7. The topological polar surface area (TPSA) is 102 Å². The average Bonchev–Trinajstić information content (AvgIpc) is 3.02. The van der Waals surface area contributed by atoms with Crippen molar-refractivity contribution in [3.63, 3.8) is 0 Å². The average molecular weight is 431 g/mol. The molecule has 2 N–H and O–H groups in total. The van der Waals surface area contributed by atoms with Gasteiger partial charge in [-0.25, -0.2) is 13.1 Å². The number of carbonyl (C=O) groups excluding carboxylic acids is 1. The highest BCUT2D eigenvalue weighted by atomic mass is 32.2. The smallest absolute Gasteiger partial charge is 0.226 e. The van der Waals surface area contributed by atoms with Crippen molar-refractivity contribution < 1.29 is 17.9 Å². The van der Waals surface area contributed by atoms with Gasteiger partial charge >= 0.3 is 0 Å². The van der Waals surface area contributed by atoms with Crippen molar-refractivity contribution in [2.75, 3.05) is 25.6 Å². The second kappa shape index (κ2) is 9.84. The Bertz CT molecular complexity index is 1120. The number of aromatic nitrogens is 2. The number of carbonyl (C=O) groups is 1. The summed E-state index contributed by atoms with van der Waals surface area (Å²) in [6, 6.07) is 14.7. The first-order chi connectivity index (χ1) is 14.4. The Labute approximate surface area is 176 Å². The van der Waals surface area contributed by atoms with Crippen molar-refractivity contribution in [3.05, 3.63) is 59.8 Å². The van der Waals surface area contributed by atoms with Gasteiger partial charge < -0.3 is 10.1 Å². The first kappa shape index (κ1) is 21.9. The van der Waals surface area contributed by atoms with E-state index in [4.69, 9.17) is 4.74 Å². The molecule has 0 aliphatic heterocycles. The maximum Gasteiger partial charge on any atom is 0.226 e. The summed E-state index contributed by atoms with van der Waals surface area (Å²) in [7, 11) is -1.96. The van der Waals surface area contributed by atoms with Crippen LogP contribution in [0.25, 0.3) is 10.9 Å². The molecule has 0 unspecified atom stereocenters. The fourth-order valence-corrected chi connectivity index (χ4v) is 4.32. The van der Waals surface area contributed by atoms with Gasteiger partial charge in [-0.2, -0.15) is 5.10 Å². The Kier molecular flexibility index (Phi) is 7.20. The number of nitrogens with one attached hydrogen (secondary N) is 2. The zero-order chi connectivity index (χ0) is 21.6. The molecule has 3 aromatic rings. The first-order valence-corrected chi connectivity index (χ1v) is 11.3. The number of ether oxygens (including phenoxy) is 1. The molecule has 0 aliphatic rings. The van der Waals surface area contributed by atoms with Crippen LogP contribution >= 0.6 is 0 Å². The number of hydrogen-bond acceptors (Lipinski definition) is 5. The van der Waals surface area contributed by atoms with Crippen LogP contribution in [0.4, 0.5) is 5.69 Å². The number of benzene rings is 2. The number of para-hydroxylation sites is 1. The maximum atomic E-state index is 12.4. The summed E-state index contributed by atoms with van der Waals surface area (Å²) in [5.74, 6) is -0.329. The number of anilines is 1. The highest BCUT2D eigenvalue weighted by Crippen LogP contribution is 2.18. The van der Waals surface area contributed by atoms with Crippen molar-refractivity contribution >= 4 is 32.5 Å². The molecule has 0 bridgehead atoms. The number of aryl methyl sites for hydroxylation is 2. The molecular weight excluding hydrogens is 404 g/mol. The van der Waals surface area contributed by atoms with E-state index in [2.05, 4.69) is 15.1 Å². The van der Waals surface area contributed by atoms with Crippen LogP contribution in [0.3, 0.4) is 0 Å². The van der Waals surface area contributed by atoms with Crippen LogP contribution in [-0.4, -0.2) is 44.4 Å². The van der Waals surface area contributed by atoms with E-state index in [-0.39, 0.29) is 24.6 Å². The lowest BCUT2D eigenvalue weighted by molar-refractivity contribution is -0.116. The number of rotatable bonds is 10. The Balaban J connectivity index is 1.58. The molecule has 0 radical (unpaired) electrons. The Hall–Kier alpha value is -2.75. The zero-order valence-electron chi connectivity index (χ0n) is 17.1. The SMILES string of the molecule is COCCNS(=O)(=O)Cc1cccc(NC(=O)CCn2nc(C)c3ccccc32)c1. The fraction of sp³-hybridized carbons (Fsp3) is 0.333. The summed E-state index contributed by atoms with van der Waals surface area (Å²) < 4.78 is 33.4. The third-order valence-corrected chi connectivity index (χ3v) is 5.95. The number of methoxy groups -OCH3 is 1. The minimum atomic E-state index is -3.47. The van der Waals surface area contributed by atoms with Crippen molar-refractivity contribution in [2.24, 2.45) is 0 Å². The Morgan fingerprint density at radius 1 is 1.17 bits per heavy atom. The predicted octanol–water partition coefficient (Wildman–Crippen LogP) is 2.44. The zero-order valence-corrected chi connectivity index (χ0v) is 17.9. The van der Waals surface area contributed by atoms with Crippen LogP contribution in [0.1, 0.15) is 17.7 Å². The Morgan fingerprint density at radius 3 is 2.77 bits per heavy atom. The lowest BCUT2D eigenvalue weighted by atomic mass is 10.2. The van der Waals surface area contributed by atoms with Gasteiger partial charge in [0.05, 0.1) is 30.1 Å². The molecule has 30 heavy (non-hydrogen) atoms. The van der Waals surface area contributed by atoms with Crippen LogP contribution in [-0.2, 0) is 31.9 Å². The lowest BCUT2D eigenvalue weighted by Gasteiger charge is -2.09. The molecule has 0 saturated carbocycles. The monoisotopic (exact) mass is 430 g/mol. The summed E-state index contributed by atoms with van der Waals surface area (Å²) in [6.45, 7) is 2.93. The molecule has 9 heteroatoms. The van der Waals surface area contributed by atoms with Crippen LogP contribution < -0.4 is 10.0 Å². The summed E-state index contributed by atoms with van der Waals surface area (Å²) in [5, 5.41) is 8.41. The van der Waals surface area contributed by atoms with Crippen molar-refractivity contribution in [1.29, 1.82) is 0 Å².